The van der Waals surface area contributed by atoms with Crippen LogP contribution in [0.25, 0.3) is 0 Å². The second kappa shape index (κ2) is 12.7. The lowest BCUT2D eigenvalue weighted by Gasteiger charge is -2.32. The fourth-order valence-electron chi connectivity index (χ4n) is 3.52. The maximum absolute atomic E-state index is 13.8. The summed E-state index contributed by atoms with van der Waals surface area (Å²) in [5.41, 5.74) is 2.97. The molecule has 0 bridgehead atoms. The van der Waals surface area contributed by atoms with Crippen LogP contribution in [0.5, 0.6) is 0 Å². The molecular weight excluding hydrogens is 494 g/mol. The van der Waals surface area contributed by atoms with Crippen molar-refractivity contribution in [1.29, 1.82) is 0 Å². The van der Waals surface area contributed by atoms with Gasteiger partial charge in [-0.1, -0.05) is 30.3 Å². The van der Waals surface area contributed by atoms with Gasteiger partial charge in [0.05, 0.1) is 6.54 Å². The fraction of sp³-hybridized carbons (Fsp3) is 0.435. The van der Waals surface area contributed by atoms with Crippen LogP contribution in [-0.2, 0) is 13.1 Å². The number of piperidine rings is 1. The van der Waals surface area contributed by atoms with E-state index in [0.29, 0.717) is 37.1 Å². The van der Waals surface area contributed by atoms with Gasteiger partial charge in [0.25, 0.3) is 0 Å². The van der Waals surface area contributed by atoms with E-state index in [4.69, 9.17) is 0 Å². The molecule has 0 aliphatic carbocycles. The van der Waals surface area contributed by atoms with Crippen molar-refractivity contribution in [1.82, 2.24) is 10.6 Å². The number of guanidine groups is 1. The van der Waals surface area contributed by atoms with Crippen LogP contribution in [0.3, 0.4) is 0 Å². The molecule has 1 aliphatic rings. The fourth-order valence-corrected chi connectivity index (χ4v) is 3.52. The topological polar surface area (TPSA) is 59.9 Å². The third kappa shape index (κ3) is 7.12. The molecule has 2 aromatic carbocycles. The first-order valence-electron chi connectivity index (χ1n) is 10.4. The van der Waals surface area contributed by atoms with E-state index in [-0.39, 0.29) is 29.8 Å². The van der Waals surface area contributed by atoms with Crippen molar-refractivity contribution >= 4 is 35.6 Å². The summed E-state index contributed by atoms with van der Waals surface area (Å²) in [4.78, 5) is 7.00. The summed E-state index contributed by atoms with van der Waals surface area (Å²) < 4.78 is 13.8. The standard InChI is InChI=1S/C23H31FN4O.HI/c1-2-25-23(27-16-20-5-3-4-6-22(20)24)26-15-18-7-9-21(10-8-18)28-13-11-19(17-29)12-14-28;/h3-10,19,29H,2,11-17H2,1H3,(H2,25,26,27);1H. The highest BCUT2D eigenvalue weighted by Crippen LogP contribution is 2.23. The summed E-state index contributed by atoms with van der Waals surface area (Å²) in [6, 6.07) is 15.3. The molecule has 0 amide bonds. The van der Waals surface area contributed by atoms with Crippen LogP contribution in [-0.4, -0.2) is 37.3 Å². The van der Waals surface area contributed by atoms with Crippen LogP contribution < -0.4 is 15.5 Å². The molecule has 2 aromatic rings. The summed E-state index contributed by atoms with van der Waals surface area (Å²) in [5.74, 6) is 0.904. The minimum absolute atomic E-state index is 0. The van der Waals surface area contributed by atoms with Gasteiger partial charge in [-0.3, -0.25) is 0 Å². The summed E-state index contributed by atoms with van der Waals surface area (Å²) in [7, 11) is 0. The van der Waals surface area contributed by atoms with Crippen molar-refractivity contribution in [2.24, 2.45) is 10.9 Å². The molecule has 1 aliphatic heterocycles. The van der Waals surface area contributed by atoms with Crippen molar-refractivity contribution in [3.05, 3.63) is 65.5 Å². The number of aliphatic hydroxyl groups is 1. The van der Waals surface area contributed by atoms with E-state index in [9.17, 15) is 9.50 Å². The van der Waals surface area contributed by atoms with Gasteiger partial charge < -0.3 is 20.6 Å². The molecule has 3 rings (SSSR count). The van der Waals surface area contributed by atoms with Gasteiger partial charge in [-0.05, 0) is 49.4 Å². The van der Waals surface area contributed by atoms with Crippen LogP contribution in [0, 0.1) is 11.7 Å². The molecule has 164 valence electrons. The Labute approximate surface area is 195 Å². The average Bonchev–Trinajstić information content (AvgIpc) is 2.77. The zero-order valence-electron chi connectivity index (χ0n) is 17.5. The molecule has 0 saturated carbocycles. The number of aliphatic imine (C=N–C) groups is 1. The Kier molecular flexibility index (Phi) is 10.4. The molecule has 3 N–H and O–H groups in total. The zero-order chi connectivity index (χ0) is 20.5. The monoisotopic (exact) mass is 526 g/mol. The lowest BCUT2D eigenvalue weighted by atomic mass is 9.97. The number of hydrogen-bond acceptors (Lipinski definition) is 3. The third-order valence-corrected chi connectivity index (χ3v) is 5.34. The Balaban J connectivity index is 0.00000320. The summed E-state index contributed by atoms with van der Waals surface area (Å²) >= 11 is 0. The van der Waals surface area contributed by atoms with Gasteiger partial charge >= 0.3 is 0 Å². The predicted molar refractivity (Wildman–Crippen MR) is 132 cm³/mol. The zero-order valence-corrected chi connectivity index (χ0v) is 19.8. The Hall–Kier alpha value is -1.87. The van der Waals surface area contributed by atoms with Crippen molar-refractivity contribution in [3.8, 4) is 0 Å². The largest absolute Gasteiger partial charge is 0.396 e. The van der Waals surface area contributed by atoms with Crippen molar-refractivity contribution in [2.75, 3.05) is 31.1 Å². The number of rotatable bonds is 7. The molecule has 0 radical (unpaired) electrons. The van der Waals surface area contributed by atoms with Gasteiger partial charge in [0.2, 0.25) is 0 Å². The van der Waals surface area contributed by atoms with Gasteiger partial charge in [-0.2, -0.15) is 0 Å². The Morgan fingerprint density at radius 2 is 1.80 bits per heavy atom. The van der Waals surface area contributed by atoms with Gasteiger partial charge in [0.15, 0.2) is 5.96 Å². The van der Waals surface area contributed by atoms with Crippen LogP contribution in [0.1, 0.15) is 30.9 Å². The molecule has 0 spiro atoms. The lowest BCUT2D eigenvalue weighted by molar-refractivity contribution is 0.203. The molecular formula is C23H32FIN4O. The van der Waals surface area contributed by atoms with E-state index in [1.54, 1.807) is 12.1 Å². The van der Waals surface area contributed by atoms with Gasteiger partial charge in [0, 0.05) is 44.0 Å². The number of aliphatic hydroxyl groups excluding tert-OH is 1. The summed E-state index contributed by atoms with van der Waals surface area (Å²) in [6.07, 6.45) is 2.09. The van der Waals surface area contributed by atoms with E-state index in [1.165, 1.54) is 11.8 Å². The average molecular weight is 526 g/mol. The second-order valence-electron chi connectivity index (χ2n) is 7.42. The van der Waals surface area contributed by atoms with Crippen molar-refractivity contribution in [3.63, 3.8) is 0 Å². The van der Waals surface area contributed by atoms with Gasteiger partial charge in [-0.25, -0.2) is 9.38 Å². The highest BCUT2D eigenvalue weighted by molar-refractivity contribution is 14.0. The highest BCUT2D eigenvalue weighted by atomic mass is 127. The number of nitrogens with one attached hydrogen (secondary N) is 2. The number of nitrogens with zero attached hydrogens (tertiary/aromatic N) is 2. The van der Waals surface area contributed by atoms with Crippen LogP contribution in [0.15, 0.2) is 53.5 Å². The first kappa shape index (κ1) is 24.4. The molecule has 1 saturated heterocycles. The second-order valence-corrected chi connectivity index (χ2v) is 7.42. The van der Waals surface area contributed by atoms with Gasteiger partial charge in [0.1, 0.15) is 5.82 Å². The van der Waals surface area contributed by atoms with E-state index in [0.717, 1.165) is 38.0 Å². The van der Waals surface area contributed by atoms with Crippen molar-refractivity contribution < 1.29 is 9.50 Å². The molecule has 0 atom stereocenters. The maximum Gasteiger partial charge on any atom is 0.191 e. The van der Waals surface area contributed by atoms with E-state index >= 15 is 0 Å². The van der Waals surface area contributed by atoms with Gasteiger partial charge in [-0.15, -0.1) is 24.0 Å². The molecule has 1 fully saturated rings. The Morgan fingerprint density at radius 3 is 2.43 bits per heavy atom. The third-order valence-electron chi connectivity index (χ3n) is 5.34. The number of benzene rings is 2. The number of hydrogen-bond donors (Lipinski definition) is 3. The molecule has 5 nitrogen and oxygen atoms in total. The SMILES string of the molecule is CCNC(=NCc1ccc(N2CCC(CO)CC2)cc1)NCc1ccccc1F.I. The van der Waals surface area contributed by atoms with Crippen molar-refractivity contribution in [2.45, 2.75) is 32.9 Å². The smallest absolute Gasteiger partial charge is 0.191 e. The van der Waals surface area contributed by atoms with Crippen LogP contribution >= 0.6 is 24.0 Å². The minimum atomic E-state index is -0.213. The summed E-state index contributed by atoms with van der Waals surface area (Å²) in [6.45, 7) is 5.98. The van der Waals surface area contributed by atoms with E-state index < -0.39 is 0 Å². The Morgan fingerprint density at radius 1 is 1.10 bits per heavy atom. The quantitative estimate of drug-likeness (QED) is 0.291. The van der Waals surface area contributed by atoms with E-state index in [2.05, 4.69) is 44.8 Å². The number of halogens is 2. The van der Waals surface area contributed by atoms with Crippen LogP contribution in [0.2, 0.25) is 0 Å². The normalized spacial score (nSPS) is 14.9. The summed E-state index contributed by atoms with van der Waals surface area (Å²) in [5, 5.41) is 15.7. The Bertz CT molecular complexity index is 792. The molecule has 30 heavy (non-hydrogen) atoms. The molecule has 1 heterocycles. The minimum Gasteiger partial charge on any atom is -0.396 e. The number of anilines is 1. The molecule has 0 unspecified atom stereocenters. The maximum atomic E-state index is 13.8. The molecule has 7 heteroatoms. The molecule has 0 aromatic heterocycles. The lowest BCUT2D eigenvalue weighted by Crippen LogP contribution is -2.37. The predicted octanol–water partition coefficient (Wildman–Crippen LogP) is 3.91. The first-order chi connectivity index (χ1) is 14.2. The highest BCUT2D eigenvalue weighted by Gasteiger charge is 2.18. The first-order valence-corrected chi connectivity index (χ1v) is 10.4. The van der Waals surface area contributed by atoms with E-state index in [1.807, 2.05) is 13.0 Å². The van der Waals surface area contributed by atoms with Crippen LogP contribution in [0.4, 0.5) is 10.1 Å².